The molecule has 0 aliphatic rings. The van der Waals surface area contributed by atoms with Gasteiger partial charge in [0.2, 0.25) is 0 Å². The molecule has 0 saturated heterocycles. The van der Waals surface area contributed by atoms with E-state index >= 15 is 0 Å². The van der Waals surface area contributed by atoms with E-state index in [0.29, 0.717) is 15.8 Å². The van der Waals surface area contributed by atoms with Crippen LogP contribution in [0.3, 0.4) is 0 Å². The number of ether oxygens (including phenoxy) is 2. The van der Waals surface area contributed by atoms with E-state index < -0.39 is 0 Å². The van der Waals surface area contributed by atoms with Gasteiger partial charge in [-0.2, -0.15) is 0 Å². The summed E-state index contributed by atoms with van der Waals surface area (Å²) < 4.78 is 11.0. The minimum Gasteiger partial charge on any atom is -0.482 e. The van der Waals surface area contributed by atoms with Crippen molar-refractivity contribution < 1.29 is 14.3 Å². The zero-order valence-corrected chi connectivity index (χ0v) is 16.1. The van der Waals surface area contributed by atoms with E-state index in [1.54, 1.807) is 18.2 Å². The van der Waals surface area contributed by atoms with E-state index in [4.69, 9.17) is 32.7 Å². The van der Waals surface area contributed by atoms with Crippen LogP contribution in [0.1, 0.15) is 5.56 Å². The quantitative estimate of drug-likeness (QED) is 0.527. The van der Waals surface area contributed by atoms with Crippen LogP contribution < -0.4 is 14.8 Å². The van der Waals surface area contributed by atoms with Gasteiger partial charge in [0, 0.05) is 5.02 Å². The Hall–Kier alpha value is -2.61. The van der Waals surface area contributed by atoms with Gasteiger partial charge < -0.3 is 14.8 Å². The largest absolute Gasteiger partial charge is 0.482 e. The Morgan fingerprint density at radius 1 is 1.11 bits per heavy atom. The summed E-state index contributed by atoms with van der Waals surface area (Å²) in [5.74, 6) is 6.57. The third kappa shape index (κ3) is 7.26. The zero-order chi connectivity index (χ0) is 19.5. The first-order valence-electron chi connectivity index (χ1n) is 8.22. The van der Waals surface area contributed by atoms with Crippen molar-refractivity contribution in [3.63, 3.8) is 0 Å². The lowest BCUT2D eigenvalue weighted by Gasteiger charge is -2.08. The van der Waals surface area contributed by atoms with Gasteiger partial charge in [0.05, 0.1) is 11.6 Å². The fraction of sp³-hybridized carbons (Fsp3) is 0.190. The molecule has 0 aliphatic carbocycles. The third-order valence-electron chi connectivity index (χ3n) is 3.39. The standard InChI is InChI=1S/C21H19Cl2NO3/c1-2-7-16-8-3-4-9-19(16)26-13-6-5-12-24-21(25)15-27-20-11-10-17(22)14-18(20)23/h2-4,8-11,14H,1,7,12-13,15H2,(H,24,25). The molecule has 2 aromatic rings. The zero-order valence-electron chi connectivity index (χ0n) is 14.6. The van der Waals surface area contributed by atoms with E-state index in [-0.39, 0.29) is 25.7 Å². The van der Waals surface area contributed by atoms with Crippen LogP contribution in [0.2, 0.25) is 10.0 Å². The van der Waals surface area contributed by atoms with Crippen molar-refractivity contribution in [1.29, 1.82) is 0 Å². The number of carbonyl (C=O) groups is 1. The Bertz CT molecular complexity index is 856. The van der Waals surface area contributed by atoms with Crippen LogP contribution in [0, 0.1) is 11.8 Å². The highest BCUT2D eigenvalue weighted by Gasteiger charge is 2.05. The Kier molecular flexibility index (Phi) is 8.57. The lowest BCUT2D eigenvalue weighted by Crippen LogP contribution is -2.29. The number of hydrogen-bond acceptors (Lipinski definition) is 3. The molecule has 2 rings (SSSR count). The molecule has 0 unspecified atom stereocenters. The Morgan fingerprint density at radius 3 is 2.70 bits per heavy atom. The number of hydrogen-bond donors (Lipinski definition) is 1. The molecular formula is C21H19Cl2NO3. The molecule has 0 aromatic heterocycles. The molecule has 0 heterocycles. The van der Waals surface area contributed by atoms with Crippen molar-refractivity contribution in [2.24, 2.45) is 0 Å². The number of benzene rings is 2. The van der Waals surface area contributed by atoms with Gasteiger partial charge in [-0.05, 0) is 36.2 Å². The molecule has 0 fully saturated rings. The molecule has 4 nitrogen and oxygen atoms in total. The predicted octanol–water partition coefficient (Wildman–Crippen LogP) is 4.30. The highest BCUT2D eigenvalue weighted by atomic mass is 35.5. The molecule has 0 bridgehead atoms. The van der Waals surface area contributed by atoms with Crippen LogP contribution in [-0.2, 0) is 11.2 Å². The van der Waals surface area contributed by atoms with Gasteiger partial charge in [-0.15, -0.1) is 6.58 Å². The normalized spacial score (nSPS) is 9.70. The van der Waals surface area contributed by atoms with Crippen molar-refractivity contribution in [3.05, 3.63) is 70.7 Å². The maximum Gasteiger partial charge on any atom is 0.258 e. The van der Waals surface area contributed by atoms with Crippen LogP contribution in [0.5, 0.6) is 11.5 Å². The van der Waals surface area contributed by atoms with E-state index in [9.17, 15) is 4.79 Å². The summed E-state index contributed by atoms with van der Waals surface area (Å²) in [4.78, 5) is 11.8. The second kappa shape index (κ2) is 11.2. The molecule has 0 aliphatic heterocycles. The fourth-order valence-corrected chi connectivity index (χ4v) is 2.59. The number of para-hydroxylation sites is 1. The lowest BCUT2D eigenvalue weighted by atomic mass is 10.1. The van der Waals surface area contributed by atoms with Crippen molar-refractivity contribution in [3.8, 4) is 23.3 Å². The smallest absolute Gasteiger partial charge is 0.258 e. The van der Waals surface area contributed by atoms with Crippen LogP contribution >= 0.6 is 23.2 Å². The highest BCUT2D eigenvalue weighted by Crippen LogP contribution is 2.27. The minimum absolute atomic E-state index is 0.158. The Balaban J connectivity index is 1.69. The highest BCUT2D eigenvalue weighted by molar-refractivity contribution is 6.35. The maximum atomic E-state index is 11.8. The number of halogens is 2. The fourth-order valence-electron chi connectivity index (χ4n) is 2.13. The van der Waals surface area contributed by atoms with Gasteiger partial charge in [-0.3, -0.25) is 4.79 Å². The second-order valence-electron chi connectivity index (χ2n) is 5.38. The van der Waals surface area contributed by atoms with Gasteiger partial charge in [0.25, 0.3) is 5.91 Å². The van der Waals surface area contributed by atoms with Crippen LogP contribution in [0.4, 0.5) is 0 Å². The first-order chi connectivity index (χ1) is 13.1. The van der Waals surface area contributed by atoms with Crippen molar-refractivity contribution in [2.45, 2.75) is 6.42 Å². The van der Waals surface area contributed by atoms with Crippen LogP contribution in [0.25, 0.3) is 0 Å². The first-order valence-corrected chi connectivity index (χ1v) is 8.97. The molecule has 0 spiro atoms. The number of allylic oxidation sites excluding steroid dienone is 1. The van der Waals surface area contributed by atoms with Gasteiger partial charge in [-0.25, -0.2) is 0 Å². The second-order valence-corrected chi connectivity index (χ2v) is 6.23. The average molecular weight is 404 g/mol. The molecule has 2 aromatic carbocycles. The van der Waals surface area contributed by atoms with Gasteiger partial charge in [0.15, 0.2) is 6.61 Å². The summed E-state index contributed by atoms with van der Waals surface area (Å²) in [7, 11) is 0. The van der Waals surface area contributed by atoms with Crippen LogP contribution in [-0.4, -0.2) is 25.7 Å². The molecule has 6 heteroatoms. The number of rotatable bonds is 8. The molecule has 140 valence electrons. The minimum atomic E-state index is -0.299. The molecule has 0 saturated carbocycles. The van der Waals surface area contributed by atoms with Gasteiger partial charge in [-0.1, -0.05) is 59.3 Å². The molecule has 1 amide bonds. The monoisotopic (exact) mass is 403 g/mol. The van der Waals surface area contributed by atoms with Crippen molar-refractivity contribution in [1.82, 2.24) is 5.32 Å². The number of carbonyl (C=O) groups excluding carboxylic acids is 1. The summed E-state index contributed by atoms with van der Waals surface area (Å²) in [6.07, 6.45) is 2.56. The van der Waals surface area contributed by atoms with Gasteiger partial charge >= 0.3 is 0 Å². The molecular weight excluding hydrogens is 385 g/mol. The van der Waals surface area contributed by atoms with Crippen molar-refractivity contribution in [2.75, 3.05) is 19.8 Å². The third-order valence-corrected chi connectivity index (χ3v) is 3.92. The summed E-state index contributed by atoms with van der Waals surface area (Å²) >= 11 is 11.8. The van der Waals surface area contributed by atoms with Crippen molar-refractivity contribution >= 4 is 29.1 Å². The summed E-state index contributed by atoms with van der Waals surface area (Å²) in [6.45, 7) is 4.01. The first kappa shape index (κ1) is 20.7. The van der Waals surface area contributed by atoms with E-state index in [1.807, 2.05) is 30.3 Å². The summed E-state index contributed by atoms with van der Waals surface area (Å²) in [5, 5.41) is 3.49. The van der Waals surface area contributed by atoms with Crippen LogP contribution in [0.15, 0.2) is 55.1 Å². The Morgan fingerprint density at radius 2 is 1.93 bits per heavy atom. The SMILES string of the molecule is C=CCc1ccccc1OCC#CCNC(=O)COc1ccc(Cl)cc1Cl. The summed E-state index contributed by atoms with van der Waals surface area (Å²) in [5.41, 5.74) is 1.06. The lowest BCUT2D eigenvalue weighted by molar-refractivity contribution is -0.122. The van der Waals surface area contributed by atoms with E-state index in [2.05, 4.69) is 23.7 Å². The van der Waals surface area contributed by atoms with E-state index in [0.717, 1.165) is 17.7 Å². The average Bonchev–Trinajstić information content (AvgIpc) is 2.65. The van der Waals surface area contributed by atoms with Gasteiger partial charge in [0.1, 0.15) is 18.1 Å². The topological polar surface area (TPSA) is 47.6 Å². The number of amides is 1. The molecule has 0 atom stereocenters. The summed E-state index contributed by atoms with van der Waals surface area (Å²) in [6, 6.07) is 12.5. The molecule has 27 heavy (non-hydrogen) atoms. The molecule has 1 N–H and O–H groups in total. The van der Waals surface area contributed by atoms with E-state index in [1.165, 1.54) is 0 Å². The Labute approximate surface area is 169 Å². The maximum absolute atomic E-state index is 11.8. The predicted molar refractivity (Wildman–Crippen MR) is 109 cm³/mol. The number of nitrogens with one attached hydrogen (secondary N) is 1. The molecule has 0 radical (unpaired) electrons.